The molecule has 32 heavy (non-hydrogen) atoms. The molecular formula is C32H21. The Balaban J connectivity index is 1.95. The zero-order valence-electron chi connectivity index (χ0n) is 17.6. The third-order valence-corrected chi connectivity index (χ3v) is 5.64. The highest BCUT2D eigenvalue weighted by atomic mass is 14.2. The van der Waals surface area contributed by atoms with E-state index in [1.165, 1.54) is 0 Å². The fraction of sp³-hybridized carbons (Fsp3) is 0. The van der Waals surface area contributed by atoms with Crippen LogP contribution in [-0.4, -0.2) is 0 Å². The topological polar surface area (TPSA) is 0 Å². The number of terminal acetylenes is 1. The van der Waals surface area contributed by atoms with Crippen molar-refractivity contribution in [2.45, 2.75) is 0 Å². The van der Waals surface area contributed by atoms with Crippen molar-refractivity contribution < 1.29 is 0 Å². The Morgan fingerprint density at radius 2 is 0.750 bits per heavy atom. The average molecular weight is 406 g/mol. The van der Waals surface area contributed by atoms with E-state index in [0.29, 0.717) is 0 Å². The summed E-state index contributed by atoms with van der Waals surface area (Å²) < 4.78 is 0. The van der Waals surface area contributed by atoms with Crippen molar-refractivity contribution in [3.63, 3.8) is 0 Å². The van der Waals surface area contributed by atoms with Gasteiger partial charge in [-0.15, -0.1) is 6.42 Å². The van der Waals surface area contributed by atoms with Gasteiger partial charge < -0.3 is 0 Å². The molecule has 0 heteroatoms. The van der Waals surface area contributed by atoms with Crippen molar-refractivity contribution in [3.05, 3.63) is 133 Å². The van der Waals surface area contributed by atoms with E-state index >= 15 is 0 Å². The van der Waals surface area contributed by atoms with Crippen molar-refractivity contribution in [3.8, 4) is 56.9 Å². The lowest BCUT2D eigenvalue weighted by Crippen LogP contribution is -1.98. The van der Waals surface area contributed by atoms with Gasteiger partial charge in [0.2, 0.25) is 0 Å². The summed E-state index contributed by atoms with van der Waals surface area (Å²) in [5.74, 6) is 3.06. The normalized spacial score (nSPS) is 10.5. The van der Waals surface area contributed by atoms with Gasteiger partial charge in [-0.25, -0.2) is 0 Å². The van der Waals surface area contributed by atoms with E-state index in [9.17, 15) is 0 Å². The first-order valence-electron chi connectivity index (χ1n) is 10.7. The zero-order chi connectivity index (χ0) is 21.8. The van der Waals surface area contributed by atoms with E-state index in [2.05, 4.69) is 109 Å². The molecule has 149 valence electrons. The molecule has 0 heterocycles. The van der Waals surface area contributed by atoms with Crippen LogP contribution in [0.3, 0.4) is 0 Å². The van der Waals surface area contributed by atoms with Crippen LogP contribution >= 0.6 is 0 Å². The molecule has 0 aliphatic heterocycles. The van der Waals surface area contributed by atoms with Crippen molar-refractivity contribution >= 4 is 0 Å². The Hall–Kier alpha value is -4.34. The van der Waals surface area contributed by atoms with Crippen molar-refractivity contribution in [2.24, 2.45) is 0 Å². The molecule has 0 spiro atoms. The van der Waals surface area contributed by atoms with Crippen LogP contribution in [0, 0.1) is 18.4 Å². The van der Waals surface area contributed by atoms with Gasteiger partial charge in [0, 0.05) is 16.7 Å². The summed E-state index contributed by atoms with van der Waals surface area (Å²) >= 11 is 0. The third kappa shape index (κ3) is 3.62. The molecule has 0 aromatic heterocycles. The molecular weight excluding hydrogens is 384 g/mol. The van der Waals surface area contributed by atoms with E-state index in [-0.39, 0.29) is 0 Å². The van der Waals surface area contributed by atoms with Gasteiger partial charge >= 0.3 is 0 Å². The molecule has 0 aliphatic carbocycles. The molecule has 5 aromatic rings. The zero-order valence-corrected chi connectivity index (χ0v) is 17.6. The minimum Gasteiger partial charge on any atom is -0.115 e. The number of hydrogen-bond acceptors (Lipinski definition) is 0. The quantitative estimate of drug-likeness (QED) is 0.265. The monoisotopic (exact) mass is 405 g/mol. The number of rotatable bonds is 4. The summed E-state index contributed by atoms with van der Waals surface area (Å²) in [6, 6.07) is 45.3. The lowest BCUT2D eigenvalue weighted by molar-refractivity contribution is 1.51. The van der Waals surface area contributed by atoms with Gasteiger partial charge in [-0.3, -0.25) is 0 Å². The first-order valence-corrected chi connectivity index (χ1v) is 10.7. The first kappa shape index (κ1) is 19.6. The Morgan fingerprint density at radius 3 is 1.06 bits per heavy atom. The van der Waals surface area contributed by atoms with Crippen LogP contribution in [0.5, 0.6) is 0 Å². The van der Waals surface area contributed by atoms with Gasteiger partial charge in [-0.05, 0) is 39.4 Å². The molecule has 5 rings (SSSR count). The summed E-state index contributed by atoms with van der Waals surface area (Å²) in [6.45, 7) is 0. The summed E-state index contributed by atoms with van der Waals surface area (Å²) in [5, 5.41) is 0. The summed E-state index contributed by atoms with van der Waals surface area (Å²) in [7, 11) is 0. The molecule has 0 unspecified atom stereocenters. The maximum Gasteiger partial charge on any atom is 0.0412 e. The van der Waals surface area contributed by atoms with Gasteiger partial charge in [-0.2, -0.15) is 0 Å². The van der Waals surface area contributed by atoms with E-state index in [0.717, 1.165) is 50.1 Å². The fourth-order valence-corrected chi connectivity index (χ4v) is 4.20. The highest BCUT2D eigenvalue weighted by Gasteiger charge is 2.21. The van der Waals surface area contributed by atoms with E-state index < -0.39 is 0 Å². The fourth-order valence-electron chi connectivity index (χ4n) is 4.20. The smallest absolute Gasteiger partial charge is 0.0412 e. The van der Waals surface area contributed by atoms with Crippen LogP contribution in [0.2, 0.25) is 0 Å². The van der Waals surface area contributed by atoms with Crippen molar-refractivity contribution in [1.82, 2.24) is 0 Å². The molecule has 1 radical (unpaired) electrons. The van der Waals surface area contributed by atoms with E-state index in [1.54, 1.807) is 0 Å². The van der Waals surface area contributed by atoms with Crippen LogP contribution < -0.4 is 0 Å². The molecule has 0 N–H and O–H groups in total. The maximum absolute atomic E-state index is 6.26. The second-order valence-electron chi connectivity index (χ2n) is 7.61. The Bertz CT molecular complexity index is 1270. The van der Waals surface area contributed by atoms with Crippen LogP contribution in [0.15, 0.2) is 121 Å². The van der Waals surface area contributed by atoms with E-state index in [4.69, 9.17) is 6.42 Å². The van der Waals surface area contributed by atoms with Gasteiger partial charge in [0.05, 0.1) is 0 Å². The summed E-state index contributed by atoms with van der Waals surface area (Å²) in [5.41, 5.74) is 9.38. The molecule has 0 saturated carbocycles. The predicted molar refractivity (Wildman–Crippen MR) is 135 cm³/mol. The Morgan fingerprint density at radius 1 is 0.438 bits per heavy atom. The Labute approximate surface area is 189 Å². The van der Waals surface area contributed by atoms with Gasteiger partial charge in [0.25, 0.3) is 0 Å². The highest BCUT2D eigenvalue weighted by molar-refractivity contribution is 5.99. The summed E-state index contributed by atoms with van der Waals surface area (Å²) in [6.07, 6.45) is 6.26. The van der Waals surface area contributed by atoms with Gasteiger partial charge in [0.15, 0.2) is 0 Å². The number of hydrogen-bond donors (Lipinski definition) is 0. The van der Waals surface area contributed by atoms with Crippen molar-refractivity contribution in [2.75, 3.05) is 0 Å². The van der Waals surface area contributed by atoms with Crippen LogP contribution in [0.1, 0.15) is 5.56 Å². The van der Waals surface area contributed by atoms with Gasteiger partial charge in [0.1, 0.15) is 0 Å². The second-order valence-corrected chi connectivity index (χ2v) is 7.61. The largest absolute Gasteiger partial charge is 0.115 e. The van der Waals surface area contributed by atoms with Crippen LogP contribution in [-0.2, 0) is 0 Å². The molecule has 0 aliphatic rings. The highest BCUT2D eigenvalue weighted by Crippen LogP contribution is 2.44. The lowest BCUT2D eigenvalue weighted by Gasteiger charge is -2.21. The second kappa shape index (κ2) is 8.80. The molecule has 0 fully saturated rings. The molecule has 0 atom stereocenters. The van der Waals surface area contributed by atoms with Crippen LogP contribution in [0.25, 0.3) is 44.5 Å². The number of benzene rings is 5. The molecule has 0 amide bonds. The molecule has 5 aromatic carbocycles. The van der Waals surface area contributed by atoms with E-state index in [1.807, 2.05) is 24.3 Å². The standard InChI is InChI=1S/C32H21/c1-2-28-31(26-19-11-5-12-20-26)29(24-15-7-3-8-16-24)23-30(25-17-9-4-10-18-25)32(28)27-21-13-6-14-22-27/h1,3-22H. The average Bonchev–Trinajstić information content (AvgIpc) is 2.89. The molecule has 0 saturated heterocycles. The van der Waals surface area contributed by atoms with Gasteiger partial charge in [-0.1, -0.05) is 127 Å². The third-order valence-electron chi connectivity index (χ3n) is 5.64. The summed E-state index contributed by atoms with van der Waals surface area (Å²) in [4.78, 5) is 0. The maximum atomic E-state index is 6.26. The predicted octanol–water partition coefficient (Wildman–Crippen LogP) is 8.14. The minimum atomic E-state index is 0.888. The van der Waals surface area contributed by atoms with Crippen molar-refractivity contribution in [1.29, 1.82) is 0 Å². The molecule has 0 nitrogen and oxygen atoms in total. The molecule has 0 bridgehead atoms. The Kier molecular flexibility index (Phi) is 5.39. The first-order chi connectivity index (χ1) is 15.9. The lowest BCUT2D eigenvalue weighted by atomic mass is 9.81. The SMILES string of the molecule is C#Cc1c(-c2ccccc2)c(-c2ccccc2)[c]c(-c2ccccc2)c1-c1ccccc1. The minimum absolute atomic E-state index is 0.888. The van der Waals surface area contributed by atoms with Crippen LogP contribution in [0.4, 0.5) is 0 Å².